The molecule has 1 unspecified atom stereocenters. The van der Waals surface area contributed by atoms with Gasteiger partial charge in [-0.3, -0.25) is 4.79 Å². The zero-order chi connectivity index (χ0) is 9.40. The van der Waals surface area contributed by atoms with Crippen LogP contribution in [0.1, 0.15) is 13.8 Å². The van der Waals surface area contributed by atoms with Crippen molar-refractivity contribution in [2.75, 3.05) is 26.8 Å². The maximum atomic E-state index is 10.6. The van der Waals surface area contributed by atoms with Crippen molar-refractivity contribution in [2.24, 2.45) is 0 Å². The molecular weight excluding hydrogens is 158 g/mol. The van der Waals surface area contributed by atoms with Gasteiger partial charge in [-0.25, -0.2) is 0 Å². The van der Waals surface area contributed by atoms with Crippen molar-refractivity contribution < 1.29 is 14.3 Å². The summed E-state index contributed by atoms with van der Waals surface area (Å²) >= 11 is 0. The Labute approximate surface area is 73.2 Å². The predicted molar refractivity (Wildman–Crippen MR) is 46.0 cm³/mol. The second-order valence-electron chi connectivity index (χ2n) is 2.47. The van der Waals surface area contributed by atoms with Crippen molar-refractivity contribution in [2.45, 2.75) is 20.0 Å². The number of carbonyl (C=O) groups is 1. The molecule has 72 valence electrons. The monoisotopic (exact) mass is 175 g/mol. The van der Waals surface area contributed by atoms with Crippen LogP contribution in [0, 0.1) is 0 Å². The van der Waals surface area contributed by atoms with E-state index in [-0.39, 0.29) is 18.6 Å². The minimum atomic E-state index is -0.251. The van der Waals surface area contributed by atoms with Gasteiger partial charge in [-0.1, -0.05) is 0 Å². The van der Waals surface area contributed by atoms with Crippen molar-refractivity contribution in [3.63, 3.8) is 0 Å². The van der Waals surface area contributed by atoms with Gasteiger partial charge in [0.2, 0.25) is 0 Å². The summed E-state index contributed by atoms with van der Waals surface area (Å²) < 4.78 is 9.69. The Hall–Kier alpha value is -0.610. The van der Waals surface area contributed by atoms with E-state index in [0.29, 0.717) is 13.2 Å². The molecule has 4 heteroatoms. The molecule has 0 amide bonds. The van der Waals surface area contributed by atoms with Crippen LogP contribution in [0.25, 0.3) is 0 Å². The van der Waals surface area contributed by atoms with Gasteiger partial charge in [0.15, 0.2) is 0 Å². The average molecular weight is 175 g/mol. The number of methoxy groups -OCH3 is 1. The van der Waals surface area contributed by atoms with Crippen LogP contribution < -0.4 is 5.32 Å². The van der Waals surface area contributed by atoms with E-state index in [1.54, 1.807) is 0 Å². The maximum absolute atomic E-state index is 10.6. The van der Waals surface area contributed by atoms with Crippen LogP contribution in [0.3, 0.4) is 0 Å². The van der Waals surface area contributed by atoms with Gasteiger partial charge in [0.05, 0.1) is 19.8 Å². The van der Waals surface area contributed by atoms with Crippen LogP contribution in [0.5, 0.6) is 0 Å². The Bertz CT molecular complexity index is 127. The van der Waals surface area contributed by atoms with Gasteiger partial charge in [0.1, 0.15) is 0 Å². The van der Waals surface area contributed by atoms with E-state index in [9.17, 15) is 4.79 Å². The highest BCUT2D eigenvalue weighted by molar-refractivity contribution is 5.71. The molecule has 12 heavy (non-hydrogen) atoms. The SMILES string of the molecule is CCOC(C)CNCC(=O)OC. The van der Waals surface area contributed by atoms with E-state index >= 15 is 0 Å². The highest BCUT2D eigenvalue weighted by Crippen LogP contribution is 1.86. The number of hydrogen-bond acceptors (Lipinski definition) is 4. The minimum Gasteiger partial charge on any atom is -0.468 e. The molecule has 4 nitrogen and oxygen atoms in total. The number of rotatable bonds is 6. The standard InChI is InChI=1S/C8H17NO3/c1-4-12-7(2)5-9-6-8(10)11-3/h7,9H,4-6H2,1-3H3. The van der Waals surface area contributed by atoms with E-state index in [1.165, 1.54) is 7.11 Å². The van der Waals surface area contributed by atoms with E-state index in [1.807, 2.05) is 13.8 Å². The molecule has 1 N–H and O–H groups in total. The lowest BCUT2D eigenvalue weighted by Gasteiger charge is -2.11. The second-order valence-corrected chi connectivity index (χ2v) is 2.47. The quantitative estimate of drug-likeness (QED) is 0.585. The molecule has 0 aromatic rings. The van der Waals surface area contributed by atoms with Crippen LogP contribution in [0.4, 0.5) is 0 Å². The Kier molecular flexibility index (Phi) is 6.70. The second kappa shape index (κ2) is 7.06. The number of carbonyl (C=O) groups excluding carboxylic acids is 1. The summed E-state index contributed by atoms with van der Waals surface area (Å²) in [5, 5.41) is 2.92. The molecule has 0 radical (unpaired) electrons. The number of ether oxygens (including phenoxy) is 2. The molecule has 0 fully saturated rings. The van der Waals surface area contributed by atoms with Crippen LogP contribution in [0.15, 0.2) is 0 Å². The van der Waals surface area contributed by atoms with Crippen LogP contribution in [0.2, 0.25) is 0 Å². The molecule has 0 bridgehead atoms. The molecule has 0 saturated carbocycles. The summed E-state index contributed by atoms with van der Waals surface area (Å²) in [5.74, 6) is -0.251. The van der Waals surface area contributed by atoms with Crippen LogP contribution >= 0.6 is 0 Å². The fraction of sp³-hybridized carbons (Fsp3) is 0.875. The molecule has 0 aromatic heterocycles. The molecule has 0 aliphatic rings. The van der Waals surface area contributed by atoms with Gasteiger partial charge in [-0.15, -0.1) is 0 Å². The first kappa shape index (κ1) is 11.4. The third kappa shape index (κ3) is 6.12. The van der Waals surface area contributed by atoms with Gasteiger partial charge >= 0.3 is 5.97 Å². The van der Waals surface area contributed by atoms with E-state index < -0.39 is 0 Å². The van der Waals surface area contributed by atoms with Gasteiger partial charge in [0.25, 0.3) is 0 Å². The van der Waals surface area contributed by atoms with Gasteiger partial charge in [-0.2, -0.15) is 0 Å². The summed E-state index contributed by atoms with van der Waals surface area (Å²) in [6, 6.07) is 0. The van der Waals surface area contributed by atoms with E-state index in [4.69, 9.17) is 4.74 Å². The van der Waals surface area contributed by atoms with Crippen molar-refractivity contribution in [3.05, 3.63) is 0 Å². The Morgan fingerprint density at radius 2 is 2.25 bits per heavy atom. The van der Waals surface area contributed by atoms with Gasteiger partial charge in [-0.05, 0) is 13.8 Å². The topological polar surface area (TPSA) is 47.6 Å². The third-order valence-corrected chi connectivity index (χ3v) is 1.38. The zero-order valence-electron chi connectivity index (χ0n) is 7.92. The Morgan fingerprint density at radius 1 is 1.58 bits per heavy atom. The van der Waals surface area contributed by atoms with Gasteiger partial charge < -0.3 is 14.8 Å². The van der Waals surface area contributed by atoms with Crippen LogP contribution in [-0.2, 0) is 14.3 Å². The normalized spacial score (nSPS) is 12.6. The van der Waals surface area contributed by atoms with Crippen LogP contribution in [-0.4, -0.2) is 38.9 Å². The van der Waals surface area contributed by atoms with Crippen molar-refractivity contribution in [1.29, 1.82) is 0 Å². The van der Waals surface area contributed by atoms with Crippen molar-refractivity contribution >= 4 is 5.97 Å². The molecule has 1 atom stereocenters. The lowest BCUT2D eigenvalue weighted by molar-refractivity contribution is -0.139. The third-order valence-electron chi connectivity index (χ3n) is 1.38. The lowest BCUT2D eigenvalue weighted by atomic mass is 10.4. The molecule has 0 saturated heterocycles. The molecule has 0 aromatic carbocycles. The van der Waals surface area contributed by atoms with E-state index in [2.05, 4.69) is 10.1 Å². The zero-order valence-corrected chi connectivity index (χ0v) is 7.92. The van der Waals surface area contributed by atoms with Crippen molar-refractivity contribution in [3.8, 4) is 0 Å². The molecule has 0 aliphatic carbocycles. The first-order valence-corrected chi connectivity index (χ1v) is 4.09. The predicted octanol–water partition coefficient (Wildman–Crippen LogP) is 0.174. The fourth-order valence-corrected chi connectivity index (χ4v) is 0.793. The highest BCUT2D eigenvalue weighted by Gasteiger charge is 2.02. The molecule has 0 aliphatic heterocycles. The first-order valence-electron chi connectivity index (χ1n) is 4.09. The molecular formula is C8H17NO3. The summed E-state index contributed by atoms with van der Waals surface area (Å²) in [7, 11) is 1.37. The average Bonchev–Trinajstić information content (AvgIpc) is 2.04. The molecule has 0 spiro atoms. The summed E-state index contributed by atoms with van der Waals surface area (Å²) in [5.41, 5.74) is 0. The summed E-state index contributed by atoms with van der Waals surface area (Å²) in [6.07, 6.45) is 0.139. The molecule has 0 rings (SSSR count). The number of nitrogens with one attached hydrogen (secondary N) is 1. The minimum absolute atomic E-state index is 0.139. The van der Waals surface area contributed by atoms with Gasteiger partial charge in [0, 0.05) is 13.2 Å². The number of hydrogen-bond donors (Lipinski definition) is 1. The van der Waals surface area contributed by atoms with E-state index in [0.717, 1.165) is 0 Å². The molecule has 0 heterocycles. The Balaban J connectivity index is 3.24. The lowest BCUT2D eigenvalue weighted by Crippen LogP contribution is -2.31. The number of esters is 1. The highest BCUT2D eigenvalue weighted by atomic mass is 16.5. The smallest absolute Gasteiger partial charge is 0.319 e. The summed E-state index contributed by atoms with van der Waals surface area (Å²) in [6.45, 7) is 5.50. The van der Waals surface area contributed by atoms with Crippen molar-refractivity contribution in [1.82, 2.24) is 5.32 Å². The Morgan fingerprint density at radius 3 is 2.75 bits per heavy atom. The fourth-order valence-electron chi connectivity index (χ4n) is 0.793. The first-order chi connectivity index (χ1) is 5.70. The largest absolute Gasteiger partial charge is 0.468 e. The maximum Gasteiger partial charge on any atom is 0.319 e. The summed E-state index contributed by atoms with van der Waals surface area (Å²) in [4.78, 5) is 10.6.